The van der Waals surface area contributed by atoms with Gasteiger partial charge in [0.1, 0.15) is 5.82 Å². The van der Waals surface area contributed by atoms with Crippen LogP contribution in [0.15, 0.2) is 23.1 Å². The lowest BCUT2D eigenvalue weighted by molar-refractivity contribution is -0.120. The van der Waals surface area contributed by atoms with Crippen molar-refractivity contribution in [2.24, 2.45) is 0 Å². The minimum absolute atomic E-state index is 0.0335. The molecule has 3 nitrogen and oxygen atoms in total. The number of carbonyl (C=O) groups is 1. The first-order chi connectivity index (χ1) is 8.92. The van der Waals surface area contributed by atoms with Gasteiger partial charge < -0.3 is 11.1 Å². The number of rotatable bonds is 6. The van der Waals surface area contributed by atoms with E-state index in [-0.39, 0.29) is 23.0 Å². The van der Waals surface area contributed by atoms with Gasteiger partial charge >= 0.3 is 0 Å². The van der Waals surface area contributed by atoms with E-state index in [1.807, 2.05) is 6.92 Å². The minimum Gasteiger partial charge on any atom is -0.399 e. The van der Waals surface area contributed by atoms with Crippen LogP contribution in [0.5, 0.6) is 0 Å². The molecule has 0 heterocycles. The fourth-order valence-electron chi connectivity index (χ4n) is 1.78. The van der Waals surface area contributed by atoms with Gasteiger partial charge in [-0.1, -0.05) is 13.3 Å². The number of amides is 1. The highest BCUT2D eigenvalue weighted by Crippen LogP contribution is 2.26. The van der Waals surface area contributed by atoms with Gasteiger partial charge in [-0.3, -0.25) is 4.79 Å². The molecule has 0 saturated carbocycles. The molecule has 1 aromatic carbocycles. The first kappa shape index (κ1) is 15.8. The van der Waals surface area contributed by atoms with Crippen LogP contribution in [0.3, 0.4) is 0 Å². The number of carbonyl (C=O) groups excluding carboxylic acids is 1. The molecule has 1 amide bonds. The Hall–Kier alpha value is -1.23. The molecule has 5 heteroatoms. The summed E-state index contributed by atoms with van der Waals surface area (Å²) in [6, 6.07) is 4.49. The fourth-order valence-corrected chi connectivity index (χ4v) is 2.74. The van der Waals surface area contributed by atoms with Gasteiger partial charge in [-0.05, 0) is 38.5 Å². The zero-order chi connectivity index (χ0) is 14.4. The van der Waals surface area contributed by atoms with Crippen LogP contribution in [0, 0.1) is 5.82 Å². The Morgan fingerprint density at radius 2 is 2.11 bits per heavy atom. The van der Waals surface area contributed by atoms with Crippen molar-refractivity contribution in [3.8, 4) is 0 Å². The van der Waals surface area contributed by atoms with Crippen molar-refractivity contribution in [3.05, 3.63) is 24.0 Å². The predicted octanol–water partition coefficient (Wildman–Crippen LogP) is 3.19. The van der Waals surface area contributed by atoms with Crippen LogP contribution in [-0.4, -0.2) is 17.2 Å². The Labute approximate surface area is 118 Å². The summed E-state index contributed by atoms with van der Waals surface area (Å²) in [5, 5.41) is 2.67. The van der Waals surface area contributed by atoms with Crippen LogP contribution in [-0.2, 0) is 4.79 Å². The van der Waals surface area contributed by atoms with Crippen molar-refractivity contribution < 1.29 is 9.18 Å². The Kier molecular flexibility index (Phi) is 6.15. The van der Waals surface area contributed by atoms with E-state index in [0.29, 0.717) is 10.6 Å². The summed E-state index contributed by atoms with van der Waals surface area (Å²) < 4.78 is 13.2. The smallest absolute Gasteiger partial charge is 0.233 e. The largest absolute Gasteiger partial charge is 0.399 e. The summed E-state index contributed by atoms with van der Waals surface area (Å²) in [6.07, 6.45) is 1.99. The maximum atomic E-state index is 13.2. The molecule has 106 valence electrons. The van der Waals surface area contributed by atoms with Gasteiger partial charge in [0.05, 0.1) is 5.25 Å². The van der Waals surface area contributed by atoms with Crippen LogP contribution in [0.1, 0.15) is 33.6 Å². The molecule has 0 radical (unpaired) electrons. The third-order valence-electron chi connectivity index (χ3n) is 2.69. The predicted molar refractivity (Wildman–Crippen MR) is 78.6 cm³/mol. The number of nitrogens with two attached hydrogens (primary N) is 1. The SMILES string of the molecule is CCCC(C)NC(=O)C(C)Sc1cc(N)cc(F)c1. The van der Waals surface area contributed by atoms with Gasteiger partial charge in [0.15, 0.2) is 0 Å². The van der Waals surface area contributed by atoms with Crippen molar-refractivity contribution in [2.75, 3.05) is 5.73 Å². The van der Waals surface area contributed by atoms with Crippen molar-refractivity contribution in [1.82, 2.24) is 5.32 Å². The molecule has 0 aromatic heterocycles. The molecule has 1 aromatic rings. The van der Waals surface area contributed by atoms with Crippen LogP contribution in [0.4, 0.5) is 10.1 Å². The Morgan fingerprint density at radius 1 is 1.42 bits per heavy atom. The minimum atomic E-state index is -0.380. The summed E-state index contributed by atoms with van der Waals surface area (Å²) in [5.41, 5.74) is 5.95. The van der Waals surface area contributed by atoms with Gasteiger partial charge in [0.25, 0.3) is 0 Å². The van der Waals surface area contributed by atoms with Crippen LogP contribution in [0.25, 0.3) is 0 Å². The molecule has 0 saturated heterocycles. The van der Waals surface area contributed by atoms with Crippen molar-refractivity contribution in [3.63, 3.8) is 0 Å². The third-order valence-corrected chi connectivity index (χ3v) is 3.76. The number of anilines is 1. The van der Waals surface area contributed by atoms with E-state index in [0.717, 1.165) is 12.8 Å². The molecule has 19 heavy (non-hydrogen) atoms. The van der Waals surface area contributed by atoms with Crippen LogP contribution in [0.2, 0.25) is 0 Å². The lowest BCUT2D eigenvalue weighted by Crippen LogP contribution is -2.37. The number of halogens is 1. The topological polar surface area (TPSA) is 55.1 Å². The van der Waals surface area contributed by atoms with E-state index >= 15 is 0 Å². The van der Waals surface area contributed by atoms with Gasteiger partial charge in [-0.25, -0.2) is 4.39 Å². The molecule has 0 bridgehead atoms. The maximum absolute atomic E-state index is 13.2. The van der Waals surface area contributed by atoms with Crippen molar-refractivity contribution in [2.45, 2.75) is 49.8 Å². The Balaban J connectivity index is 2.58. The van der Waals surface area contributed by atoms with Crippen LogP contribution < -0.4 is 11.1 Å². The van der Waals surface area contributed by atoms with E-state index in [1.54, 1.807) is 13.0 Å². The molecule has 1 rings (SSSR count). The summed E-state index contributed by atoms with van der Waals surface area (Å²) in [4.78, 5) is 12.6. The lowest BCUT2D eigenvalue weighted by Gasteiger charge is -2.17. The highest BCUT2D eigenvalue weighted by Gasteiger charge is 2.16. The zero-order valence-corrected chi connectivity index (χ0v) is 12.4. The van der Waals surface area contributed by atoms with Gasteiger partial charge in [0.2, 0.25) is 5.91 Å². The second-order valence-electron chi connectivity index (χ2n) is 4.68. The lowest BCUT2D eigenvalue weighted by atomic mass is 10.2. The zero-order valence-electron chi connectivity index (χ0n) is 11.6. The molecule has 0 aliphatic heterocycles. The van der Waals surface area contributed by atoms with E-state index in [2.05, 4.69) is 12.2 Å². The summed E-state index contributed by atoms with van der Waals surface area (Å²) in [5.74, 6) is -0.414. The first-order valence-electron chi connectivity index (χ1n) is 6.45. The summed E-state index contributed by atoms with van der Waals surface area (Å²) >= 11 is 1.31. The third kappa shape index (κ3) is 5.51. The normalized spacial score (nSPS) is 13.9. The van der Waals surface area contributed by atoms with Gasteiger partial charge in [0, 0.05) is 16.6 Å². The number of nitrogen functional groups attached to an aromatic ring is 1. The number of benzene rings is 1. The van der Waals surface area contributed by atoms with Crippen LogP contribution >= 0.6 is 11.8 Å². The number of hydrogen-bond donors (Lipinski definition) is 2. The number of hydrogen-bond acceptors (Lipinski definition) is 3. The number of thioether (sulfide) groups is 1. The standard InChI is InChI=1S/C14H21FN2OS/c1-4-5-9(2)17-14(18)10(3)19-13-7-11(15)6-12(16)8-13/h6-10H,4-5,16H2,1-3H3,(H,17,18). The van der Waals surface area contributed by atoms with E-state index < -0.39 is 0 Å². The average molecular weight is 284 g/mol. The quantitative estimate of drug-likeness (QED) is 0.623. The Morgan fingerprint density at radius 3 is 2.68 bits per heavy atom. The molecular formula is C14H21FN2OS. The van der Waals surface area contributed by atoms with E-state index in [1.165, 1.54) is 23.9 Å². The second kappa shape index (κ2) is 7.38. The monoisotopic (exact) mass is 284 g/mol. The van der Waals surface area contributed by atoms with Gasteiger partial charge in [-0.15, -0.1) is 11.8 Å². The average Bonchev–Trinajstić information content (AvgIpc) is 2.27. The van der Waals surface area contributed by atoms with E-state index in [9.17, 15) is 9.18 Å². The van der Waals surface area contributed by atoms with Crippen molar-refractivity contribution >= 4 is 23.4 Å². The molecule has 0 aliphatic rings. The summed E-state index contributed by atoms with van der Waals surface area (Å²) in [7, 11) is 0. The molecular weight excluding hydrogens is 263 g/mol. The first-order valence-corrected chi connectivity index (χ1v) is 7.33. The highest BCUT2D eigenvalue weighted by molar-refractivity contribution is 8.00. The Bertz CT molecular complexity index is 419. The van der Waals surface area contributed by atoms with Gasteiger partial charge in [-0.2, -0.15) is 0 Å². The molecule has 0 aliphatic carbocycles. The molecule has 3 N–H and O–H groups in total. The molecule has 0 fully saturated rings. The summed E-state index contributed by atoms with van der Waals surface area (Å²) in [6.45, 7) is 5.87. The second-order valence-corrected chi connectivity index (χ2v) is 6.09. The van der Waals surface area contributed by atoms with Crippen molar-refractivity contribution in [1.29, 1.82) is 0 Å². The molecule has 2 unspecified atom stereocenters. The van der Waals surface area contributed by atoms with E-state index in [4.69, 9.17) is 5.73 Å². The molecule has 2 atom stereocenters. The maximum Gasteiger partial charge on any atom is 0.233 e. The fraction of sp³-hybridized carbons (Fsp3) is 0.500. The highest BCUT2D eigenvalue weighted by atomic mass is 32.2. The molecule has 0 spiro atoms. The number of nitrogens with one attached hydrogen (secondary N) is 1.